The summed E-state index contributed by atoms with van der Waals surface area (Å²) in [5.74, 6) is 0.253. The summed E-state index contributed by atoms with van der Waals surface area (Å²) < 4.78 is 25.5. The molecule has 33 heavy (non-hydrogen) atoms. The number of aromatic nitrogens is 3. The molecule has 1 aromatic carbocycles. The van der Waals surface area contributed by atoms with Crippen molar-refractivity contribution in [2.75, 3.05) is 18.2 Å². The number of anilines is 1. The summed E-state index contributed by atoms with van der Waals surface area (Å²) in [6.07, 6.45) is 2.75. The number of thioether (sulfide) groups is 1. The van der Waals surface area contributed by atoms with Crippen LogP contribution in [0, 0.1) is 5.82 Å². The van der Waals surface area contributed by atoms with Gasteiger partial charge in [-0.3, -0.25) is 4.79 Å². The molecule has 4 rings (SSSR count). The summed E-state index contributed by atoms with van der Waals surface area (Å²) >= 11 is 2.70. The fourth-order valence-electron chi connectivity index (χ4n) is 3.63. The molecule has 2 aromatic heterocycles. The van der Waals surface area contributed by atoms with E-state index in [0.717, 1.165) is 29.7 Å². The van der Waals surface area contributed by atoms with Crippen LogP contribution in [0.2, 0.25) is 0 Å². The van der Waals surface area contributed by atoms with Gasteiger partial charge in [-0.2, -0.15) is 0 Å². The van der Waals surface area contributed by atoms with E-state index in [1.54, 1.807) is 12.1 Å². The Morgan fingerprint density at radius 2 is 2.03 bits per heavy atom. The van der Waals surface area contributed by atoms with Gasteiger partial charge in [-0.15, -0.1) is 21.5 Å². The lowest BCUT2D eigenvalue weighted by Crippen LogP contribution is -2.17. The van der Waals surface area contributed by atoms with E-state index >= 15 is 0 Å². The van der Waals surface area contributed by atoms with Gasteiger partial charge in [0, 0.05) is 11.4 Å². The Kier molecular flexibility index (Phi) is 7.29. The molecule has 1 aliphatic rings. The Labute approximate surface area is 198 Å². The predicted molar refractivity (Wildman–Crippen MR) is 123 cm³/mol. The van der Waals surface area contributed by atoms with Crippen LogP contribution >= 0.6 is 23.1 Å². The Hall–Kier alpha value is -2.92. The number of halogens is 1. The molecule has 0 bridgehead atoms. The number of aryl methyl sites for hydroxylation is 1. The maximum atomic E-state index is 13.0. The van der Waals surface area contributed by atoms with Crippen molar-refractivity contribution in [2.45, 2.75) is 44.5 Å². The SMILES string of the molecule is CCn1c(COc2ccc(F)cc2)nnc1SCC(=O)Nc1sc2c(c1C(=O)OC)CCC2. The number of nitrogens with zero attached hydrogens (tertiary/aromatic N) is 3. The van der Waals surface area contributed by atoms with Gasteiger partial charge in [-0.1, -0.05) is 11.8 Å². The van der Waals surface area contributed by atoms with Crippen LogP contribution in [0.4, 0.5) is 9.39 Å². The van der Waals surface area contributed by atoms with Crippen LogP contribution in [-0.2, 0) is 35.5 Å². The van der Waals surface area contributed by atoms with Crippen molar-refractivity contribution in [3.05, 3.63) is 51.9 Å². The van der Waals surface area contributed by atoms with Crippen molar-refractivity contribution < 1.29 is 23.5 Å². The fraction of sp³-hybridized carbons (Fsp3) is 0.364. The van der Waals surface area contributed by atoms with Crippen molar-refractivity contribution in [3.63, 3.8) is 0 Å². The molecule has 0 spiro atoms. The zero-order valence-electron chi connectivity index (χ0n) is 18.2. The lowest BCUT2D eigenvalue weighted by molar-refractivity contribution is -0.113. The van der Waals surface area contributed by atoms with Gasteiger partial charge in [-0.05, 0) is 56.0 Å². The van der Waals surface area contributed by atoms with Gasteiger partial charge in [0.25, 0.3) is 0 Å². The van der Waals surface area contributed by atoms with Gasteiger partial charge < -0.3 is 19.4 Å². The highest BCUT2D eigenvalue weighted by Crippen LogP contribution is 2.39. The van der Waals surface area contributed by atoms with E-state index < -0.39 is 5.97 Å². The van der Waals surface area contributed by atoms with Crippen LogP contribution in [0.25, 0.3) is 0 Å². The molecule has 11 heteroatoms. The number of ether oxygens (including phenoxy) is 2. The lowest BCUT2D eigenvalue weighted by Gasteiger charge is -2.09. The first-order valence-corrected chi connectivity index (χ1v) is 12.3. The molecular weight excluding hydrogens is 467 g/mol. The number of carbonyl (C=O) groups is 2. The maximum absolute atomic E-state index is 13.0. The molecule has 0 unspecified atom stereocenters. The molecule has 0 fully saturated rings. The number of methoxy groups -OCH3 is 1. The predicted octanol–water partition coefficient (Wildman–Crippen LogP) is 4.08. The highest BCUT2D eigenvalue weighted by molar-refractivity contribution is 7.99. The second-order valence-electron chi connectivity index (χ2n) is 7.28. The molecule has 1 N–H and O–H groups in total. The average molecular weight is 491 g/mol. The summed E-state index contributed by atoms with van der Waals surface area (Å²) in [5, 5.41) is 12.3. The number of amides is 1. The van der Waals surface area contributed by atoms with Crippen molar-refractivity contribution in [3.8, 4) is 5.75 Å². The van der Waals surface area contributed by atoms with Crippen LogP contribution in [0.1, 0.15) is 40.0 Å². The zero-order valence-corrected chi connectivity index (χ0v) is 19.9. The smallest absolute Gasteiger partial charge is 0.341 e. The van der Waals surface area contributed by atoms with E-state index in [1.165, 1.54) is 42.3 Å². The largest absolute Gasteiger partial charge is 0.486 e. The minimum Gasteiger partial charge on any atom is -0.486 e. The van der Waals surface area contributed by atoms with Gasteiger partial charge in [-0.25, -0.2) is 9.18 Å². The van der Waals surface area contributed by atoms with E-state index in [0.29, 0.717) is 33.8 Å². The summed E-state index contributed by atoms with van der Waals surface area (Å²) in [4.78, 5) is 26.0. The van der Waals surface area contributed by atoms with Crippen LogP contribution in [0.3, 0.4) is 0 Å². The van der Waals surface area contributed by atoms with Crippen LogP contribution in [0.5, 0.6) is 5.75 Å². The fourth-order valence-corrected chi connectivity index (χ4v) is 5.75. The van der Waals surface area contributed by atoms with Crippen molar-refractivity contribution >= 4 is 40.0 Å². The maximum Gasteiger partial charge on any atom is 0.341 e. The number of hydrogen-bond donors (Lipinski definition) is 1. The minimum atomic E-state index is -0.422. The number of thiophene rings is 1. The van der Waals surface area contributed by atoms with Gasteiger partial charge in [0.05, 0.1) is 18.4 Å². The molecule has 3 aromatic rings. The molecular formula is C22H23FN4O4S2. The van der Waals surface area contributed by atoms with Crippen LogP contribution in [-0.4, -0.2) is 39.5 Å². The summed E-state index contributed by atoms with van der Waals surface area (Å²) in [7, 11) is 1.34. The van der Waals surface area contributed by atoms with Gasteiger partial charge >= 0.3 is 5.97 Å². The van der Waals surface area contributed by atoms with Gasteiger partial charge in [0.1, 0.15) is 23.2 Å². The summed E-state index contributed by atoms with van der Waals surface area (Å²) in [6.45, 7) is 2.72. The molecule has 174 valence electrons. The van der Waals surface area contributed by atoms with E-state index in [4.69, 9.17) is 9.47 Å². The first kappa shape index (κ1) is 23.2. The number of carbonyl (C=O) groups excluding carboxylic acids is 2. The molecule has 1 aliphatic carbocycles. The quantitative estimate of drug-likeness (QED) is 0.357. The molecule has 0 saturated carbocycles. The van der Waals surface area contributed by atoms with E-state index in [1.807, 2.05) is 11.5 Å². The first-order chi connectivity index (χ1) is 16.0. The minimum absolute atomic E-state index is 0.111. The third-order valence-electron chi connectivity index (χ3n) is 5.19. The Balaban J connectivity index is 1.38. The summed E-state index contributed by atoms with van der Waals surface area (Å²) in [5.41, 5.74) is 1.47. The third-order valence-corrected chi connectivity index (χ3v) is 7.36. The van der Waals surface area contributed by atoms with Gasteiger partial charge in [0.2, 0.25) is 5.91 Å². The zero-order chi connectivity index (χ0) is 23.4. The molecule has 8 nitrogen and oxygen atoms in total. The van der Waals surface area contributed by atoms with Crippen molar-refractivity contribution in [1.82, 2.24) is 14.8 Å². The topological polar surface area (TPSA) is 95.3 Å². The Bertz CT molecular complexity index is 1160. The second kappa shape index (κ2) is 10.3. The second-order valence-corrected chi connectivity index (χ2v) is 9.32. The molecule has 0 saturated heterocycles. The molecule has 1 amide bonds. The highest BCUT2D eigenvalue weighted by atomic mass is 32.2. The normalized spacial score (nSPS) is 12.5. The number of nitrogens with one attached hydrogen (secondary N) is 1. The number of benzene rings is 1. The number of esters is 1. The van der Waals surface area contributed by atoms with E-state index in [-0.39, 0.29) is 24.1 Å². The number of hydrogen-bond acceptors (Lipinski definition) is 8. The van der Waals surface area contributed by atoms with Crippen LogP contribution < -0.4 is 10.1 Å². The first-order valence-electron chi connectivity index (χ1n) is 10.5. The molecule has 2 heterocycles. The van der Waals surface area contributed by atoms with Crippen molar-refractivity contribution in [1.29, 1.82) is 0 Å². The molecule has 0 atom stereocenters. The average Bonchev–Trinajstić information content (AvgIpc) is 3.51. The Morgan fingerprint density at radius 1 is 1.24 bits per heavy atom. The number of fused-ring (bicyclic) bond motifs is 1. The standard InChI is InChI=1S/C22H23FN4O4S2/c1-3-27-17(11-31-14-9-7-13(23)8-10-14)25-26-22(27)32-12-18(28)24-20-19(21(29)30-2)15-5-4-6-16(15)33-20/h7-10H,3-6,11-12H2,1-2H3,(H,24,28). The van der Waals surface area contributed by atoms with Crippen LogP contribution in [0.15, 0.2) is 29.4 Å². The number of rotatable bonds is 9. The van der Waals surface area contributed by atoms with E-state index in [9.17, 15) is 14.0 Å². The Morgan fingerprint density at radius 3 is 2.76 bits per heavy atom. The summed E-state index contributed by atoms with van der Waals surface area (Å²) in [6, 6.07) is 5.75. The molecule has 0 aliphatic heterocycles. The van der Waals surface area contributed by atoms with Gasteiger partial charge in [0.15, 0.2) is 11.0 Å². The monoisotopic (exact) mass is 490 g/mol. The lowest BCUT2D eigenvalue weighted by atomic mass is 10.1. The van der Waals surface area contributed by atoms with E-state index in [2.05, 4.69) is 15.5 Å². The van der Waals surface area contributed by atoms with Crippen molar-refractivity contribution in [2.24, 2.45) is 0 Å². The molecule has 0 radical (unpaired) electrons. The highest BCUT2D eigenvalue weighted by Gasteiger charge is 2.28. The third kappa shape index (κ3) is 5.19.